The molecule has 4 nitrogen and oxygen atoms in total. The fourth-order valence-corrected chi connectivity index (χ4v) is 2.14. The predicted molar refractivity (Wildman–Crippen MR) is 57.3 cm³/mol. The Morgan fingerprint density at radius 3 is 2.87 bits per heavy atom. The van der Waals surface area contributed by atoms with Crippen molar-refractivity contribution in [2.45, 2.75) is 32.2 Å². The Morgan fingerprint density at radius 2 is 2.40 bits per heavy atom. The van der Waals surface area contributed by atoms with Gasteiger partial charge in [-0.2, -0.15) is 0 Å². The third-order valence-corrected chi connectivity index (χ3v) is 3.22. The Morgan fingerprint density at radius 1 is 1.67 bits per heavy atom. The number of methoxy groups -OCH3 is 1. The molecule has 0 aliphatic carbocycles. The van der Waals surface area contributed by atoms with Gasteiger partial charge in [0.15, 0.2) is 0 Å². The zero-order valence-electron chi connectivity index (χ0n) is 9.57. The number of carbonyl (C=O) groups excluding carboxylic acids is 1. The molecule has 0 aromatic heterocycles. The molecule has 3 unspecified atom stereocenters. The lowest BCUT2D eigenvalue weighted by molar-refractivity contribution is -0.142. The molecule has 0 amide bonds. The minimum absolute atomic E-state index is 0.0656. The summed E-state index contributed by atoms with van der Waals surface area (Å²) in [6, 6.07) is 0.0656. The number of hydrogen-bond donors (Lipinski definition) is 1. The molecule has 0 radical (unpaired) electrons. The average molecular weight is 215 g/mol. The van der Waals surface area contributed by atoms with Gasteiger partial charge in [-0.1, -0.05) is 6.92 Å². The van der Waals surface area contributed by atoms with Crippen molar-refractivity contribution < 1.29 is 14.3 Å². The van der Waals surface area contributed by atoms with Crippen molar-refractivity contribution in [3.8, 4) is 0 Å². The third-order valence-electron chi connectivity index (χ3n) is 3.22. The molecule has 15 heavy (non-hydrogen) atoms. The van der Waals surface area contributed by atoms with E-state index in [-0.39, 0.29) is 17.9 Å². The fourth-order valence-electron chi connectivity index (χ4n) is 2.14. The Bertz CT molecular complexity index is 202. The molecule has 1 heterocycles. The monoisotopic (exact) mass is 215 g/mol. The van der Waals surface area contributed by atoms with Crippen molar-refractivity contribution >= 4 is 5.97 Å². The van der Waals surface area contributed by atoms with Gasteiger partial charge in [0.05, 0.1) is 13.5 Å². The molecule has 0 bridgehead atoms. The fraction of sp³-hybridized carbons (Fsp3) is 0.909. The van der Waals surface area contributed by atoms with E-state index in [1.54, 1.807) is 0 Å². The van der Waals surface area contributed by atoms with Crippen molar-refractivity contribution in [3.05, 3.63) is 0 Å². The smallest absolute Gasteiger partial charge is 0.305 e. The SMILES string of the molecule is CCC(N)C(CC(=O)OC)C1CCOC1. The minimum atomic E-state index is -0.171. The number of rotatable bonds is 5. The van der Waals surface area contributed by atoms with E-state index in [1.807, 2.05) is 6.92 Å². The van der Waals surface area contributed by atoms with Crippen LogP contribution in [0.3, 0.4) is 0 Å². The molecule has 2 N–H and O–H groups in total. The van der Waals surface area contributed by atoms with E-state index in [2.05, 4.69) is 0 Å². The van der Waals surface area contributed by atoms with Gasteiger partial charge in [-0.25, -0.2) is 0 Å². The van der Waals surface area contributed by atoms with Gasteiger partial charge >= 0.3 is 5.97 Å². The Balaban J connectivity index is 2.55. The second-order valence-corrected chi connectivity index (χ2v) is 4.14. The van der Waals surface area contributed by atoms with E-state index in [9.17, 15) is 4.79 Å². The Kier molecular flexibility index (Phi) is 5.05. The van der Waals surface area contributed by atoms with E-state index in [0.717, 1.165) is 26.1 Å². The van der Waals surface area contributed by atoms with E-state index >= 15 is 0 Å². The highest BCUT2D eigenvalue weighted by Crippen LogP contribution is 2.28. The molecule has 0 saturated carbocycles. The van der Waals surface area contributed by atoms with Crippen molar-refractivity contribution in [1.82, 2.24) is 0 Å². The third kappa shape index (κ3) is 3.47. The highest BCUT2D eigenvalue weighted by Gasteiger charge is 2.31. The summed E-state index contributed by atoms with van der Waals surface area (Å²) in [5.41, 5.74) is 6.04. The number of nitrogens with two attached hydrogens (primary N) is 1. The summed E-state index contributed by atoms with van der Waals surface area (Å²) in [6.45, 7) is 3.57. The summed E-state index contributed by atoms with van der Waals surface area (Å²) in [7, 11) is 1.42. The highest BCUT2D eigenvalue weighted by molar-refractivity contribution is 5.69. The molecule has 88 valence electrons. The molecular formula is C11H21NO3. The normalized spacial score (nSPS) is 24.9. The van der Waals surface area contributed by atoms with Crippen LogP contribution in [0.4, 0.5) is 0 Å². The number of hydrogen-bond acceptors (Lipinski definition) is 4. The zero-order chi connectivity index (χ0) is 11.3. The van der Waals surface area contributed by atoms with Crippen LogP contribution >= 0.6 is 0 Å². The van der Waals surface area contributed by atoms with E-state index in [1.165, 1.54) is 7.11 Å². The molecule has 0 aromatic rings. The average Bonchev–Trinajstić information content (AvgIpc) is 2.77. The molecule has 0 aromatic carbocycles. The van der Waals surface area contributed by atoms with Gasteiger partial charge in [-0.05, 0) is 24.7 Å². The quantitative estimate of drug-likeness (QED) is 0.693. The molecule has 0 spiro atoms. The van der Waals surface area contributed by atoms with Crippen LogP contribution in [0.25, 0.3) is 0 Å². The maximum absolute atomic E-state index is 11.3. The van der Waals surface area contributed by atoms with Gasteiger partial charge in [-0.15, -0.1) is 0 Å². The maximum Gasteiger partial charge on any atom is 0.305 e. The first-order chi connectivity index (χ1) is 7.19. The molecule has 1 saturated heterocycles. The molecule has 1 rings (SSSR count). The summed E-state index contributed by atoms with van der Waals surface area (Å²) in [4.78, 5) is 11.3. The topological polar surface area (TPSA) is 61.6 Å². The van der Waals surface area contributed by atoms with Gasteiger partial charge < -0.3 is 15.2 Å². The standard InChI is InChI=1S/C11H21NO3/c1-3-10(12)9(6-11(13)14-2)8-4-5-15-7-8/h8-10H,3-7,12H2,1-2H3. The van der Waals surface area contributed by atoms with Gasteiger partial charge in [0.1, 0.15) is 0 Å². The Labute approximate surface area is 91.1 Å². The summed E-state index contributed by atoms with van der Waals surface area (Å²) >= 11 is 0. The largest absolute Gasteiger partial charge is 0.469 e. The first kappa shape index (κ1) is 12.5. The van der Waals surface area contributed by atoms with Crippen LogP contribution in [0.1, 0.15) is 26.2 Å². The summed E-state index contributed by atoms with van der Waals surface area (Å²) < 4.78 is 10.0. The van der Waals surface area contributed by atoms with E-state index in [4.69, 9.17) is 15.2 Å². The van der Waals surface area contributed by atoms with E-state index in [0.29, 0.717) is 12.3 Å². The van der Waals surface area contributed by atoms with Crippen LogP contribution < -0.4 is 5.73 Å². The van der Waals surface area contributed by atoms with Gasteiger partial charge in [0.2, 0.25) is 0 Å². The van der Waals surface area contributed by atoms with Gasteiger partial charge in [0.25, 0.3) is 0 Å². The number of carbonyl (C=O) groups is 1. The van der Waals surface area contributed by atoms with E-state index < -0.39 is 0 Å². The predicted octanol–water partition coefficient (Wildman–Crippen LogP) is 0.939. The summed E-state index contributed by atoms with van der Waals surface area (Å²) in [6.07, 6.45) is 2.31. The van der Waals surface area contributed by atoms with Crippen molar-refractivity contribution in [3.63, 3.8) is 0 Å². The Hall–Kier alpha value is -0.610. The minimum Gasteiger partial charge on any atom is -0.469 e. The molecule has 3 atom stereocenters. The maximum atomic E-state index is 11.3. The van der Waals surface area contributed by atoms with Crippen molar-refractivity contribution in [1.29, 1.82) is 0 Å². The molecule has 4 heteroatoms. The van der Waals surface area contributed by atoms with Gasteiger partial charge in [-0.3, -0.25) is 4.79 Å². The first-order valence-corrected chi connectivity index (χ1v) is 5.59. The number of esters is 1. The lowest BCUT2D eigenvalue weighted by Crippen LogP contribution is -2.36. The molecule has 1 fully saturated rings. The van der Waals surface area contributed by atoms with Crippen molar-refractivity contribution in [2.24, 2.45) is 17.6 Å². The van der Waals surface area contributed by atoms with Crippen LogP contribution in [0.2, 0.25) is 0 Å². The zero-order valence-corrected chi connectivity index (χ0v) is 9.57. The second kappa shape index (κ2) is 6.08. The molecule has 1 aliphatic heterocycles. The lowest BCUT2D eigenvalue weighted by atomic mass is 9.82. The number of ether oxygens (including phenoxy) is 2. The van der Waals surface area contributed by atoms with Crippen LogP contribution in [0.5, 0.6) is 0 Å². The molecular weight excluding hydrogens is 194 g/mol. The van der Waals surface area contributed by atoms with Crippen LogP contribution in [-0.4, -0.2) is 32.3 Å². The second-order valence-electron chi connectivity index (χ2n) is 4.14. The van der Waals surface area contributed by atoms with Crippen molar-refractivity contribution in [2.75, 3.05) is 20.3 Å². The molecule has 1 aliphatic rings. The summed E-state index contributed by atoms with van der Waals surface area (Å²) in [5.74, 6) is 0.444. The first-order valence-electron chi connectivity index (χ1n) is 5.59. The van der Waals surface area contributed by atoms with Crippen LogP contribution in [-0.2, 0) is 14.3 Å². The van der Waals surface area contributed by atoms with Crippen LogP contribution in [0.15, 0.2) is 0 Å². The van der Waals surface area contributed by atoms with Gasteiger partial charge in [0, 0.05) is 19.3 Å². The highest BCUT2D eigenvalue weighted by atomic mass is 16.5. The van der Waals surface area contributed by atoms with Crippen LogP contribution in [0, 0.1) is 11.8 Å². The lowest BCUT2D eigenvalue weighted by Gasteiger charge is -2.26. The summed E-state index contributed by atoms with van der Waals surface area (Å²) in [5, 5.41) is 0.